The lowest BCUT2D eigenvalue weighted by atomic mass is 9.75. The van der Waals surface area contributed by atoms with Gasteiger partial charge in [-0.3, -0.25) is 4.98 Å². The maximum atomic E-state index is 13.2. The Bertz CT molecular complexity index is 1360. The van der Waals surface area contributed by atoms with Gasteiger partial charge in [0.25, 0.3) is 0 Å². The molecule has 6 rings (SSSR count). The van der Waals surface area contributed by atoms with Gasteiger partial charge in [-0.05, 0) is 81.8 Å². The van der Waals surface area contributed by atoms with Gasteiger partial charge in [0.2, 0.25) is 0 Å². The van der Waals surface area contributed by atoms with Gasteiger partial charge in [-0.15, -0.1) is 0 Å². The summed E-state index contributed by atoms with van der Waals surface area (Å²) in [6.07, 6.45) is 7.20. The molecule has 3 aliphatic rings. The van der Waals surface area contributed by atoms with Crippen LogP contribution in [-0.2, 0) is 19.9 Å². The van der Waals surface area contributed by atoms with Gasteiger partial charge in [0.05, 0.1) is 5.60 Å². The second kappa shape index (κ2) is 10.4. The first-order chi connectivity index (χ1) is 18.9. The van der Waals surface area contributed by atoms with Gasteiger partial charge in [-0.1, -0.05) is 48.5 Å². The number of benzene rings is 2. The smallest absolute Gasteiger partial charge is 0.409 e. The normalized spacial score (nSPS) is 21.5. The van der Waals surface area contributed by atoms with Crippen LogP contribution in [0.5, 0.6) is 0 Å². The van der Waals surface area contributed by atoms with Gasteiger partial charge < -0.3 is 19.5 Å². The highest BCUT2D eigenvalue weighted by molar-refractivity contribution is 9.10. The Hall–Kier alpha value is -3.23. The van der Waals surface area contributed by atoms with Crippen LogP contribution in [0.3, 0.4) is 0 Å². The molecule has 39 heavy (non-hydrogen) atoms. The third-order valence-electron chi connectivity index (χ3n) is 8.87. The van der Waals surface area contributed by atoms with Crippen molar-refractivity contribution >= 4 is 28.0 Å². The number of likely N-dealkylation sites (tertiary alicyclic amines) is 1. The fraction of sp³-hybridized carbons (Fsp3) is 0.387. The first kappa shape index (κ1) is 26.0. The van der Waals surface area contributed by atoms with Crippen LogP contribution in [0.25, 0.3) is 11.1 Å². The van der Waals surface area contributed by atoms with Crippen LogP contribution in [0, 0.1) is 5.41 Å². The van der Waals surface area contributed by atoms with E-state index in [0.717, 1.165) is 35.7 Å². The van der Waals surface area contributed by atoms with Crippen molar-refractivity contribution in [3.63, 3.8) is 0 Å². The number of halogens is 1. The molecule has 1 saturated carbocycles. The van der Waals surface area contributed by atoms with Gasteiger partial charge in [0.15, 0.2) is 0 Å². The molecular formula is C31H31BrN2O5. The number of amides is 1. The lowest BCUT2D eigenvalue weighted by Gasteiger charge is -2.40. The fourth-order valence-electron chi connectivity index (χ4n) is 6.90. The molecular weight excluding hydrogens is 560 g/mol. The van der Waals surface area contributed by atoms with Crippen molar-refractivity contribution in [2.24, 2.45) is 5.41 Å². The van der Waals surface area contributed by atoms with Crippen LogP contribution in [0.2, 0.25) is 0 Å². The highest BCUT2D eigenvalue weighted by Crippen LogP contribution is 2.57. The van der Waals surface area contributed by atoms with Crippen molar-refractivity contribution in [3.05, 3.63) is 88.2 Å². The molecule has 202 valence electrons. The number of carboxylic acids is 1. The number of pyridine rings is 1. The third-order valence-corrected chi connectivity index (χ3v) is 9.51. The summed E-state index contributed by atoms with van der Waals surface area (Å²) in [5.74, 6) is -0.941. The van der Waals surface area contributed by atoms with Crippen molar-refractivity contribution in [1.82, 2.24) is 9.88 Å². The molecule has 2 aliphatic carbocycles. The number of aromatic nitrogens is 1. The summed E-state index contributed by atoms with van der Waals surface area (Å²) in [4.78, 5) is 30.5. The number of piperidine rings is 1. The van der Waals surface area contributed by atoms with E-state index < -0.39 is 11.6 Å². The van der Waals surface area contributed by atoms with Crippen molar-refractivity contribution in [1.29, 1.82) is 0 Å². The van der Waals surface area contributed by atoms with E-state index in [9.17, 15) is 14.7 Å². The second-order valence-electron chi connectivity index (χ2n) is 11.0. The molecule has 1 N–H and O–H groups in total. The number of fused-ring (bicyclic) bond motifs is 3. The number of nitrogens with zero attached hydrogens (tertiary/aromatic N) is 2. The van der Waals surface area contributed by atoms with Crippen molar-refractivity contribution in [2.45, 2.75) is 43.6 Å². The number of rotatable bonds is 6. The van der Waals surface area contributed by atoms with Crippen LogP contribution < -0.4 is 0 Å². The van der Waals surface area contributed by atoms with E-state index in [4.69, 9.17) is 9.47 Å². The molecule has 1 aromatic heterocycles. The predicted octanol–water partition coefficient (Wildman–Crippen LogP) is 6.36. The first-order valence-corrected chi connectivity index (χ1v) is 14.2. The zero-order chi connectivity index (χ0) is 27.0. The minimum Gasteiger partial charge on any atom is -0.480 e. The molecule has 2 heterocycles. The molecule has 2 aromatic carbocycles. The number of carbonyl (C=O) groups excluding carboxylic acids is 1. The van der Waals surface area contributed by atoms with Crippen LogP contribution in [0.1, 0.15) is 54.7 Å². The minimum absolute atomic E-state index is 0.0126. The number of hydrogen-bond donors (Lipinski definition) is 1. The molecule has 0 radical (unpaired) electrons. The van der Waals surface area contributed by atoms with E-state index in [-0.39, 0.29) is 24.0 Å². The molecule has 1 unspecified atom stereocenters. The van der Waals surface area contributed by atoms with E-state index in [1.807, 2.05) is 35.2 Å². The molecule has 1 aliphatic heterocycles. The quantitative estimate of drug-likeness (QED) is 0.359. The molecule has 2 fully saturated rings. The third kappa shape index (κ3) is 4.85. The number of aliphatic carboxylic acids is 1. The van der Waals surface area contributed by atoms with Gasteiger partial charge >= 0.3 is 12.1 Å². The van der Waals surface area contributed by atoms with E-state index in [0.29, 0.717) is 26.1 Å². The summed E-state index contributed by atoms with van der Waals surface area (Å²) in [6.45, 7) is 1.19. The predicted molar refractivity (Wildman–Crippen MR) is 149 cm³/mol. The topological polar surface area (TPSA) is 89.0 Å². The lowest BCUT2D eigenvalue weighted by molar-refractivity contribution is -0.151. The number of carbonyl (C=O) groups is 2. The zero-order valence-corrected chi connectivity index (χ0v) is 23.2. The van der Waals surface area contributed by atoms with Crippen LogP contribution in [-0.4, -0.2) is 53.4 Å². The second-order valence-corrected chi connectivity index (χ2v) is 11.9. The Labute approximate surface area is 236 Å². The summed E-state index contributed by atoms with van der Waals surface area (Å²) in [5, 5.41) is 9.33. The SMILES string of the molecule is O=C(O)COC1(c2ccncc2Br)CCC2(CCN(C(=O)OCC3c4ccccc4-c4ccccc43)CC2)C1. The number of hydrogen-bond acceptors (Lipinski definition) is 5. The molecule has 1 atom stereocenters. The standard InChI is InChI=1S/C31H31BrN2O5/c32-27-17-33-14-9-26(27)31(39-19-28(35)36)11-10-30(20-31)12-15-34(16-13-30)29(37)38-18-25-23-7-3-1-5-21(23)22-6-2-4-8-24(22)25/h1-9,14,17,25H,10-13,15-16,18-20H2,(H,35,36). The molecule has 1 spiro atoms. The summed E-state index contributed by atoms with van der Waals surface area (Å²) < 4.78 is 12.8. The maximum Gasteiger partial charge on any atom is 0.409 e. The Morgan fingerprint density at radius 1 is 0.974 bits per heavy atom. The number of carboxylic acid groups (broad SMARTS) is 1. The zero-order valence-electron chi connectivity index (χ0n) is 21.6. The summed E-state index contributed by atoms with van der Waals surface area (Å²) >= 11 is 3.60. The van der Waals surface area contributed by atoms with Crippen LogP contribution in [0.15, 0.2) is 71.5 Å². The van der Waals surface area contributed by atoms with Crippen molar-refractivity contribution < 1.29 is 24.2 Å². The fourth-order valence-corrected chi connectivity index (χ4v) is 7.51. The van der Waals surface area contributed by atoms with Crippen LogP contribution in [0.4, 0.5) is 4.79 Å². The molecule has 8 heteroatoms. The summed E-state index contributed by atoms with van der Waals surface area (Å²) in [6, 6.07) is 18.6. The van der Waals surface area contributed by atoms with Crippen LogP contribution >= 0.6 is 15.9 Å². The van der Waals surface area contributed by atoms with E-state index >= 15 is 0 Å². The highest BCUT2D eigenvalue weighted by atomic mass is 79.9. The van der Waals surface area contributed by atoms with E-state index in [2.05, 4.69) is 45.2 Å². The lowest BCUT2D eigenvalue weighted by Crippen LogP contribution is -2.43. The maximum absolute atomic E-state index is 13.2. The largest absolute Gasteiger partial charge is 0.480 e. The van der Waals surface area contributed by atoms with Gasteiger partial charge in [0, 0.05) is 41.4 Å². The average Bonchev–Trinajstić information content (AvgIpc) is 3.47. The highest BCUT2D eigenvalue weighted by Gasteiger charge is 2.52. The Morgan fingerprint density at radius 3 is 2.28 bits per heavy atom. The van der Waals surface area contributed by atoms with E-state index in [1.54, 1.807) is 12.4 Å². The van der Waals surface area contributed by atoms with Gasteiger partial charge in [-0.2, -0.15) is 0 Å². The molecule has 0 bridgehead atoms. The van der Waals surface area contributed by atoms with Gasteiger partial charge in [-0.25, -0.2) is 9.59 Å². The molecule has 3 aromatic rings. The average molecular weight is 592 g/mol. The van der Waals surface area contributed by atoms with Crippen molar-refractivity contribution in [2.75, 3.05) is 26.3 Å². The Morgan fingerprint density at radius 2 is 1.64 bits per heavy atom. The summed E-state index contributed by atoms with van der Waals surface area (Å²) in [7, 11) is 0. The first-order valence-electron chi connectivity index (χ1n) is 13.5. The van der Waals surface area contributed by atoms with E-state index in [1.165, 1.54) is 22.3 Å². The monoisotopic (exact) mass is 590 g/mol. The minimum atomic E-state index is -0.981. The molecule has 1 saturated heterocycles. The van der Waals surface area contributed by atoms with Gasteiger partial charge in [0.1, 0.15) is 13.2 Å². The molecule has 1 amide bonds. The molecule has 7 nitrogen and oxygen atoms in total. The Kier molecular flexibility index (Phi) is 6.93. The Balaban J connectivity index is 1.11. The summed E-state index contributed by atoms with van der Waals surface area (Å²) in [5.41, 5.74) is 5.07. The number of ether oxygens (including phenoxy) is 2. The van der Waals surface area contributed by atoms with Crippen molar-refractivity contribution in [3.8, 4) is 11.1 Å².